The second-order valence-corrected chi connectivity index (χ2v) is 12.8. The average Bonchev–Trinajstić information content (AvgIpc) is 3.69. The highest BCUT2D eigenvalue weighted by Crippen LogP contribution is 2.36. The van der Waals surface area contributed by atoms with E-state index < -0.39 is 66.4 Å². The lowest BCUT2D eigenvalue weighted by Gasteiger charge is -2.46. The Morgan fingerprint density at radius 3 is 2.50 bits per heavy atom. The molecule has 17 N–H and O–H groups in total. The molecular formula is C30H60N8O10. The smallest absolute Gasteiger partial charge is 0.200 e. The number of hydrogen-bond donors (Lipinski definition) is 12. The Kier molecular flexibility index (Phi) is 17.5. The van der Waals surface area contributed by atoms with Crippen LogP contribution in [0.3, 0.4) is 0 Å². The monoisotopic (exact) mass is 692 g/mol. The van der Waals surface area contributed by atoms with Crippen molar-refractivity contribution in [3.05, 3.63) is 11.8 Å². The van der Waals surface area contributed by atoms with Crippen LogP contribution in [0.5, 0.6) is 0 Å². The summed E-state index contributed by atoms with van der Waals surface area (Å²) in [6, 6.07) is -1.18. The van der Waals surface area contributed by atoms with Crippen molar-refractivity contribution in [3.63, 3.8) is 0 Å². The maximum absolute atomic E-state index is 11.2. The largest absolute Gasteiger partial charge is 0.468 e. The van der Waals surface area contributed by atoms with E-state index in [1.165, 1.54) is 7.05 Å². The second-order valence-electron chi connectivity index (χ2n) is 12.8. The first-order chi connectivity index (χ1) is 22.7. The van der Waals surface area contributed by atoms with Crippen molar-refractivity contribution in [1.82, 2.24) is 10.6 Å². The van der Waals surface area contributed by atoms with Gasteiger partial charge in [0.15, 0.2) is 24.8 Å². The first kappa shape index (κ1) is 42.1. The summed E-state index contributed by atoms with van der Waals surface area (Å²) in [5.41, 5.74) is 24.0. The lowest BCUT2D eigenvalue weighted by Crippen LogP contribution is -2.65. The molecule has 0 radical (unpaired) electrons. The number of nitrogens with zero attached hydrogens (tertiary/aromatic N) is 1. The quantitative estimate of drug-likeness (QED) is 0.0464. The Hall–Kier alpha value is -2.04. The number of guanidine groups is 1. The molecule has 0 amide bonds. The third-order valence-electron chi connectivity index (χ3n) is 8.43. The van der Waals surface area contributed by atoms with Crippen molar-refractivity contribution in [2.45, 2.75) is 124 Å². The van der Waals surface area contributed by atoms with Crippen LogP contribution >= 0.6 is 0 Å². The number of carbonyl (C=O) groups excluding carboxylic acids is 1. The van der Waals surface area contributed by atoms with Gasteiger partial charge in [0, 0.05) is 37.9 Å². The number of aldehydes is 1. The van der Waals surface area contributed by atoms with Gasteiger partial charge >= 0.3 is 0 Å². The molecule has 0 aromatic rings. The zero-order valence-corrected chi connectivity index (χ0v) is 28.3. The highest BCUT2D eigenvalue weighted by molar-refractivity contribution is 5.78. The number of aliphatic imine (C=N–C) groups is 1. The Balaban J connectivity index is 0.000000564. The summed E-state index contributed by atoms with van der Waals surface area (Å²) in [5.74, 6) is 0.616. The zero-order valence-electron chi connectivity index (χ0n) is 28.3. The number of nitrogens with one attached hydrogen (secondary N) is 2. The van der Waals surface area contributed by atoms with Gasteiger partial charge in [-0.05, 0) is 59.3 Å². The summed E-state index contributed by atoms with van der Waals surface area (Å²) in [6.45, 7) is 3.05. The molecule has 2 aliphatic carbocycles. The van der Waals surface area contributed by atoms with Crippen molar-refractivity contribution in [1.29, 1.82) is 0 Å². The number of rotatable bonds is 14. The number of nitrogens with two attached hydrogens (primary N) is 5. The number of allylic oxidation sites excluding steroid dienone is 1. The van der Waals surface area contributed by atoms with E-state index in [2.05, 4.69) is 21.4 Å². The predicted molar refractivity (Wildman–Crippen MR) is 177 cm³/mol. The van der Waals surface area contributed by atoms with E-state index in [4.69, 9.17) is 47.0 Å². The molecule has 1 saturated heterocycles. The Morgan fingerprint density at radius 1 is 1.21 bits per heavy atom. The zero-order chi connectivity index (χ0) is 36.1. The number of ether oxygens (including phenoxy) is 4. The highest BCUT2D eigenvalue weighted by atomic mass is 16.7. The van der Waals surface area contributed by atoms with Crippen molar-refractivity contribution in [2.75, 3.05) is 40.3 Å². The maximum atomic E-state index is 11.2. The fraction of sp³-hybridized carbons (Fsp3) is 0.867. The van der Waals surface area contributed by atoms with E-state index in [0.29, 0.717) is 57.4 Å². The molecule has 48 heavy (non-hydrogen) atoms. The molecule has 280 valence electrons. The van der Waals surface area contributed by atoms with Gasteiger partial charge in [0.05, 0.1) is 30.9 Å². The van der Waals surface area contributed by atoms with Crippen molar-refractivity contribution in [2.24, 2.45) is 33.7 Å². The average molecular weight is 693 g/mol. The molecule has 18 heteroatoms. The predicted octanol–water partition coefficient (Wildman–Crippen LogP) is -4.46. The third kappa shape index (κ3) is 13.0. The first-order valence-corrected chi connectivity index (χ1v) is 16.5. The number of hydrogen-bond acceptors (Lipinski definition) is 16. The molecule has 0 aromatic heterocycles. The van der Waals surface area contributed by atoms with Gasteiger partial charge in [-0.15, -0.1) is 0 Å². The lowest BCUT2D eigenvalue weighted by atomic mass is 9.84. The standard InChI is InChI=1S/C24H46N4O8.C5H9N3O2.CH5N/c1-24(32)10-18(30)23(33-13-24)36-22-17(27-2)9-16(26)21(20(22)31)35-19-7-3-6-15(34-19)12-28-11-14(29)5-4-8-25;6-4(7)8-3-1-5(3,10)2-9;1-2/h6,14,16-23,27-32H,3-5,7-13,25-26H2,1-2H3;2-3,10H,1H2,(H4,6,7,8);2H2,1H3/t14?,16?,17?,18?,19-,20?,21-,22+,23?,24-;;/m1../s1. The molecule has 3 fully saturated rings. The number of carbonyl (C=O) groups is 1. The fourth-order valence-electron chi connectivity index (χ4n) is 5.72. The van der Waals surface area contributed by atoms with Gasteiger partial charge in [0.25, 0.3) is 0 Å². The fourth-order valence-corrected chi connectivity index (χ4v) is 5.72. The minimum Gasteiger partial charge on any atom is -0.468 e. The summed E-state index contributed by atoms with van der Waals surface area (Å²) in [4.78, 5) is 13.7. The first-order valence-electron chi connectivity index (χ1n) is 16.5. The Morgan fingerprint density at radius 2 is 1.92 bits per heavy atom. The van der Waals surface area contributed by atoms with E-state index in [9.17, 15) is 25.2 Å². The van der Waals surface area contributed by atoms with Crippen LogP contribution in [-0.2, 0) is 23.7 Å². The summed E-state index contributed by atoms with van der Waals surface area (Å²) in [7, 11) is 3.26. The molecule has 18 nitrogen and oxygen atoms in total. The van der Waals surface area contributed by atoms with Crippen LogP contribution < -0.4 is 39.3 Å². The number of aliphatic hydroxyl groups excluding tert-OH is 3. The summed E-state index contributed by atoms with van der Waals surface area (Å²) >= 11 is 0. The van der Waals surface area contributed by atoms with Crippen LogP contribution in [0.1, 0.15) is 51.9 Å². The van der Waals surface area contributed by atoms with Gasteiger partial charge < -0.3 is 88.6 Å². The topological polar surface area (TPSA) is 322 Å². The molecule has 0 aromatic carbocycles. The van der Waals surface area contributed by atoms with Crippen LogP contribution in [0.25, 0.3) is 0 Å². The minimum absolute atomic E-state index is 0.0182. The Bertz CT molecular complexity index is 1020. The van der Waals surface area contributed by atoms with Crippen molar-refractivity contribution < 1.29 is 49.3 Å². The van der Waals surface area contributed by atoms with E-state index in [-0.39, 0.29) is 25.0 Å². The lowest BCUT2D eigenvalue weighted by molar-refractivity contribution is -0.297. The van der Waals surface area contributed by atoms with Crippen molar-refractivity contribution >= 4 is 12.2 Å². The van der Waals surface area contributed by atoms with E-state index >= 15 is 0 Å². The van der Waals surface area contributed by atoms with Crippen LogP contribution in [0.2, 0.25) is 0 Å². The number of likely N-dealkylation sites (N-methyl/N-ethyl adjacent to an activating group) is 1. The summed E-state index contributed by atoms with van der Waals surface area (Å²) in [5, 5.41) is 57.1. The maximum Gasteiger partial charge on any atom is 0.200 e. The second kappa shape index (κ2) is 20.0. The highest BCUT2D eigenvalue weighted by Gasteiger charge is 2.54. The van der Waals surface area contributed by atoms with E-state index in [0.717, 1.165) is 12.8 Å². The summed E-state index contributed by atoms with van der Waals surface area (Å²) in [6.07, 6.45) is 0.451. The van der Waals surface area contributed by atoms with Crippen LogP contribution in [0.15, 0.2) is 16.8 Å². The number of aliphatic hydroxyl groups is 5. The molecule has 4 rings (SSSR count). The molecule has 2 heterocycles. The summed E-state index contributed by atoms with van der Waals surface area (Å²) < 4.78 is 23.7. The van der Waals surface area contributed by atoms with Gasteiger partial charge in [0.1, 0.15) is 35.8 Å². The van der Waals surface area contributed by atoms with Crippen molar-refractivity contribution in [3.8, 4) is 0 Å². The molecule has 2 aliphatic heterocycles. The molecular weight excluding hydrogens is 632 g/mol. The Labute approximate surface area is 282 Å². The molecule has 0 spiro atoms. The molecule has 4 aliphatic rings. The van der Waals surface area contributed by atoms with Crippen LogP contribution in [0.4, 0.5) is 0 Å². The normalized spacial score (nSPS) is 38.1. The van der Waals surface area contributed by atoms with Gasteiger partial charge in [0.2, 0.25) is 0 Å². The third-order valence-corrected chi connectivity index (χ3v) is 8.43. The molecule has 0 bridgehead atoms. The molecule has 12 atom stereocenters. The van der Waals surface area contributed by atoms with E-state index in [1.807, 2.05) is 6.08 Å². The SMILES string of the molecule is CN.CNC1CC(N)[C@@H](O[C@@H]2CCC=C(CNCC(O)CCCN)O2)C(O)[C@H]1OC1OC[C@](C)(O)CC1O.NC(N)=NC1CC1(O)C=O. The molecule has 2 saturated carbocycles. The van der Waals surface area contributed by atoms with Gasteiger partial charge in [-0.1, -0.05) is 0 Å². The van der Waals surface area contributed by atoms with E-state index in [1.54, 1.807) is 14.0 Å². The van der Waals surface area contributed by atoms with Crippen LogP contribution in [0, 0.1) is 0 Å². The van der Waals surface area contributed by atoms with Gasteiger partial charge in [-0.25, -0.2) is 4.99 Å². The van der Waals surface area contributed by atoms with Gasteiger partial charge in [-0.3, -0.25) is 0 Å². The van der Waals surface area contributed by atoms with Crippen LogP contribution in [-0.4, -0.2) is 151 Å². The molecule has 8 unspecified atom stereocenters. The minimum atomic E-state index is -1.29. The van der Waals surface area contributed by atoms with Gasteiger partial charge in [-0.2, -0.15) is 0 Å².